The SMILES string of the molecule is Cc1cc(C(=O)N2CC[C@H]3[C@H](C[C@@H](CN4CCCC4)N3C)C2)c(C)o1. The van der Waals surface area contributed by atoms with Crippen LogP contribution in [0, 0.1) is 19.8 Å². The maximum Gasteiger partial charge on any atom is 0.257 e. The number of amides is 1. The average Bonchev–Trinajstić information content (AvgIpc) is 3.28. The molecule has 1 amide bonds. The van der Waals surface area contributed by atoms with E-state index >= 15 is 0 Å². The topological polar surface area (TPSA) is 39.9 Å². The molecule has 3 fully saturated rings. The molecule has 0 radical (unpaired) electrons. The summed E-state index contributed by atoms with van der Waals surface area (Å²) in [6.45, 7) is 9.30. The molecule has 3 aliphatic heterocycles. The lowest BCUT2D eigenvalue weighted by atomic mass is 9.91. The summed E-state index contributed by atoms with van der Waals surface area (Å²) in [5.41, 5.74) is 0.746. The number of likely N-dealkylation sites (N-methyl/N-ethyl adjacent to an activating group) is 1. The Balaban J connectivity index is 1.41. The van der Waals surface area contributed by atoms with Gasteiger partial charge in [0.25, 0.3) is 5.91 Å². The minimum atomic E-state index is 0.151. The second-order valence-electron chi connectivity index (χ2n) is 8.26. The van der Waals surface area contributed by atoms with Crippen molar-refractivity contribution in [3.8, 4) is 0 Å². The zero-order chi connectivity index (χ0) is 17.6. The summed E-state index contributed by atoms with van der Waals surface area (Å²) >= 11 is 0. The second-order valence-corrected chi connectivity index (χ2v) is 8.26. The van der Waals surface area contributed by atoms with E-state index in [2.05, 4.69) is 21.7 Å². The average molecular weight is 345 g/mol. The van der Waals surface area contributed by atoms with Gasteiger partial charge >= 0.3 is 0 Å². The Morgan fingerprint density at radius 3 is 2.68 bits per heavy atom. The Hall–Kier alpha value is -1.33. The molecule has 0 aromatic carbocycles. The number of carbonyl (C=O) groups excluding carboxylic acids is 1. The van der Waals surface area contributed by atoms with Crippen LogP contribution in [0.15, 0.2) is 10.5 Å². The van der Waals surface area contributed by atoms with Crippen molar-refractivity contribution in [2.24, 2.45) is 5.92 Å². The number of likely N-dealkylation sites (tertiary alicyclic amines) is 3. The first-order valence-corrected chi connectivity index (χ1v) is 9.83. The Morgan fingerprint density at radius 2 is 2.00 bits per heavy atom. The van der Waals surface area contributed by atoms with E-state index in [1.54, 1.807) is 0 Å². The molecule has 0 unspecified atom stereocenters. The number of carbonyl (C=O) groups is 1. The van der Waals surface area contributed by atoms with Gasteiger partial charge in [0.1, 0.15) is 11.5 Å². The molecule has 138 valence electrons. The Kier molecular flexibility index (Phi) is 4.63. The van der Waals surface area contributed by atoms with Crippen molar-refractivity contribution in [2.75, 3.05) is 39.8 Å². The summed E-state index contributed by atoms with van der Waals surface area (Å²) in [5, 5.41) is 0. The highest BCUT2D eigenvalue weighted by Gasteiger charge is 2.43. The van der Waals surface area contributed by atoms with Gasteiger partial charge in [-0.1, -0.05) is 0 Å². The van der Waals surface area contributed by atoms with E-state index in [1.165, 1.54) is 38.9 Å². The maximum absolute atomic E-state index is 12.9. The minimum absolute atomic E-state index is 0.151. The van der Waals surface area contributed by atoms with Crippen molar-refractivity contribution in [1.82, 2.24) is 14.7 Å². The Bertz CT molecular complexity index is 635. The van der Waals surface area contributed by atoms with E-state index < -0.39 is 0 Å². The quantitative estimate of drug-likeness (QED) is 0.844. The fourth-order valence-electron chi connectivity index (χ4n) is 5.24. The van der Waals surface area contributed by atoms with Crippen molar-refractivity contribution in [3.05, 3.63) is 23.2 Å². The molecule has 0 aliphatic carbocycles. The lowest BCUT2D eigenvalue weighted by Crippen LogP contribution is -2.48. The third kappa shape index (κ3) is 3.24. The molecule has 0 saturated carbocycles. The molecule has 25 heavy (non-hydrogen) atoms. The van der Waals surface area contributed by atoms with Crippen LogP contribution in [-0.4, -0.2) is 72.5 Å². The van der Waals surface area contributed by atoms with Crippen molar-refractivity contribution < 1.29 is 9.21 Å². The van der Waals surface area contributed by atoms with E-state index in [4.69, 9.17) is 4.42 Å². The van der Waals surface area contributed by atoms with Gasteiger partial charge in [0.15, 0.2) is 0 Å². The predicted octanol–water partition coefficient (Wildman–Crippen LogP) is 2.53. The fraction of sp³-hybridized carbons (Fsp3) is 0.750. The molecular formula is C20H31N3O2. The molecule has 4 heterocycles. The van der Waals surface area contributed by atoms with Crippen LogP contribution < -0.4 is 0 Å². The molecule has 1 aromatic heterocycles. The minimum Gasteiger partial charge on any atom is -0.466 e. The number of fused-ring (bicyclic) bond motifs is 1. The van der Waals surface area contributed by atoms with Gasteiger partial charge in [0.05, 0.1) is 5.56 Å². The van der Waals surface area contributed by atoms with Crippen LogP contribution in [0.4, 0.5) is 0 Å². The highest BCUT2D eigenvalue weighted by atomic mass is 16.3. The maximum atomic E-state index is 12.9. The molecule has 0 spiro atoms. The number of furan rings is 1. The van der Waals surface area contributed by atoms with Gasteiger partial charge < -0.3 is 14.2 Å². The van der Waals surface area contributed by atoms with E-state index in [0.717, 1.165) is 36.6 Å². The lowest BCUT2D eigenvalue weighted by Gasteiger charge is -2.37. The first-order chi connectivity index (χ1) is 12.0. The first-order valence-electron chi connectivity index (χ1n) is 9.83. The summed E-state index contributed by atoms with van der Waals surface area (Å²) in [5.74, 6) is 2.34. The van der Waals surface area contributed by atoms with Gasteiger partial charge in [0, 0.05) is 31.7 Å². The van der Waals surface area contributed by atoms with E-state index in [1.807, 2.05) is 19.9 Å². The smallest absolute Gasteiger partial charge is 0.257 e. The molecule has 0 N–H and O–H groups in total. The molecule has 0 bridgehead atoms. The number of nitrogens with zero attached hydrogens (tertiary/aromatic N) is 3. The van der Waals surface area contributed by atoms with Gasteiger partial charge in [-0.25, -0.2) is 0 Å². The molecular weight excluding hydrogens is 314 g/mol. The largest absolute Gasteiger partial charge is 0.466 e. The number of hydrogen-bond donors (Lipinski definition) is 0. The van der Waals surface area contributed by atoms with Gasteiger partial charge in [-0.15, -0.1) is 0 Å². The van der Waals surface area contributed by atoms with E-state index in [0.29, 0.717) is 18.0 Å². The third-order valence-corrected chi connectivity index (χ3v) is 6.59. The Morgan fingerprint density at radius 1 is 1.24 bits per heavy atom. The summed E-state index contributed by atoms with van der Waals surface area (Å²) in [4.78, 5) is 20.2. The summed E-state index contributed by atoms with van der Waals surface area (Å²) < 4.78 is 5.56. The van der Waals surface area contributed by atoms with Gasteiger partial charge in [-0.2, -0.15) is 0 Å². The van der Waals surface area contributed by atoms with Crippen LogP contribution in [0.1, 0.15) is 47.6 Å². The van der Waals surface area contributed by atoms with E-state index in [9.17, 15) is 4.79 Å². The van der Waals surface area contributed by atoms with Crippen LogP contribution in [0.2, 0.25) is 0 Å². The fourth-order valence-corrected chi connectivity index (χ4v) is 5.24. The molecule has 4 rings (SSSR count). The van der Waals surface area contributed by atoms with Crippen LogP contribution in [0.3, 0.4) is 0 Å². The Labute approximate surface area is 150 Å². The molecule has 3 aliphatic rings. The number of aryl methyl sites for hydroxylation is 2. The highest BCUT2D eigenvalue weighted by molar-refractivity contribution is 5.95. The number of hydrogen-bond acceptors (Lipinski definition) is 4. The molecule has 5 nitrogen and oxygen atoms in total. The number of rotatable bonds is 3. The summed E-state index contributed by atoms with van der Waals surface area (Å²) in [7, 11) is 2.30. The third-order valence-electron chi connectivity index (χ3n) is 6.59. The predicted molar refractivity (Wildman–Crippen MR) is 97.8 cm³/mol. The van der Waals surface area contributed by atoms with Crippen LogP contribution in [0.25, 0.3) is 0 Å². The normalized spacial score (nSPS) is 30.8. The molecule has 5 heteroatoms. The van der Waals surface area contributed by atoms with Crippen molar-refractivity contribution in [1.29, 1.82) is 0 Å². The van der Waals surface area contributed by atoms with Crippen molar-refractivity contribution in [3.63, 3.8) is 0 Å². The monoisotopic (exact) mass is 345 g/mol. The lowest BCUT2D eigenvalue weighted by molar-refractivity contribution is 0.0603. The van der Waals surface area contributed by atoms with Crippen LogP contribution in [-0.2, 0) is 0 Å². The second kappa shape index (κ2) is 6.76. The van der Waals surface area contributed by atoms with Gasteiger partial charge in [0.2, 0.25) is 0 Å². The zero-order valence-electron chi connectivity index (χ0n) is 15.8. The summed E-state index contributed by atoms with van der Waals surface area (Å²) in [6.07, 6.45) is 5.04. The first kappa shape index (κ1) is 17.1. The number of piperidine rings is 1. The summed E-state index contributed by atoms with van der Waals surface area (Å²) in [6, 6.07) is 3.19. The van der Waals surface area contributed by atoms with E-state index in [-0.39, 0.29) is 5.91 Å². The molecule has 3 atom stereocenters. The van der Waals surface area contributed by atoms with Gasteiger partial charge in [-0.05, 0) is 71.7 Å². The van der Waals surface area contributed by atoms with Gasteiger partial charge in [-0.3, -0.25) is 9.69 Å². The molecule has 1 aromatic rings. The zero-order valence-corrected chi connectivity index (χ0v) is 15.8. The van der Waals surface area contributed by atoms with Crippen molar-refractivity contribution >= 4 is 5.91 Å². The van der Waals surface area contributed by atoms with Crippen molar-refractivity contribution in [2.45, 2.75) is 51.6 Å². The molecule has 3 saturated heterocycles. The van der Waals surface area contributed by atoms with Crippen LogP contribution in [0.5, 0.6) is 0 Å². The highest BCUT2D eigenvalue weighted by Crippen LogP contribution is 2.35. The van der Waals surface area contributed by atoms with Crippen LogP contribution >= 0.6 is 0 Å². The standard InChI is InChI=1S/C20H31N3O2/c1-14-10-18(15(2)25-14)20(24)23-9-6-19-16(12-23)11-17(21(19)3)13-22-7-4-5-8-22/h10,16-17,19H,4-9,11-13H2,1-3H3/t16-,17+,19+/m1/s1.